The number of carbonyl (C=O) groups excluding carboxylic acids is 1. The molecule has 4 nitrogen and oxygen atoms in total. The van der Waals surface area contributed by atoms with Crippen molar-refractivity contribution in [2.24, 2.45) is 5.92 Å². The van der Waals surface area contributed by atoms with E-state index in [0.717, 1.165) is 31.6 Å². The zero-order chi connectivity index (χ0) is 12.1. The molecule has 1 aromatic heterocycles. The van der Waals surface area contributed by atoms with Gasteiger partial charge in [0.1, 0.15) is 0 Å². The Labute approximate surface area is 126 Å². The molecule has 1 fully saturated rings. The standard InChI is InChI=1S/C13H19N3O.2ClH/c1-10-6-12(9-15-7-10)13(17)16-5-3-11-2-4-14-8-11;;/h6-7,9,11,14H,2-5,8H2,1H3,(H,16,17);2*1H. The summed E-state index contributed by atoms with van der Waals surface area (Å²) in [5.74, 6) is 0.693. The van der Waals surface area contributed by atoms with Gasteiger partial charge in [0.2, 0.25) is 0 Å². The predicted octanol–water partition coefficient (Wildman–Crippen LogP) is 1.96. The normalized spacial score (nSPS) is 17.2. The molecule has 0 bridgehead atoms. The van der Waals surface area contributed by atoms with Gasteiger partial charge in [-0.05, 0) is 50.4 Å². The smallest absolute Gasteiger partial charge is 0.252 e. The number of rotatable bonds is 4. The van der Waals surface area contributed by atoms with Gasteiger partial charge in [-0.25, -0.2) is 0 Å². The number of pyridine rings is 1. The lowest BCUT2D eigenvalue weighted by Crippen LogP contribution is -2.26. The lowest BCUT2D eigenvalue weighted by atomic mass is 10.1. The Bertz CT molecular complexity index is 395. The molecule has 2 N–H and O–H groups in total. The van der Waals surface area contributed by atoms with Crippen LogP contribution in [-0.4, -0.2) is 30.5 Å². The summed E-state index contributed by atoms with van der Waals surface area (Å²) >= 11 is 0. The second-order valence-corrected chi connectivity index (χ2v) is 4.65. The summed E-state index contributed by atoms with van der Waals surface area (Å²) in [6, 6.07) is 1.86. The Kier molecular flexibility index (Phi) is 8.72. The number of nitrogens with one attached hydrogen (secondary N) is 2. The molecular formula is C13H21Cl2N3O. The Balaban J connectivity index is 0.00000162. The van der Waals surface area contributed by atoms with Crippen molar-refractivity contribution in [3.05, 3.63) is 29.6 Å². The van der Waals surface area contributed by atoms with Gasteiger partial charge in [0.25, 0.3) is 5.91 Å². The molecule has 1 aromatic rings. The zero-order valence-electron chi connectivity index (χ0n) is 11.0. The van der Waals surface area contributed by atoms with Gasteiger partial charge in [-0.3, -0.25) is 9.78 Å². The van der Waals surface area contributed by atoms with E-state index < -0.39 is 0 Å². The summed E-state index contributed by atoms with van der Waals surface area (Å²) in [4.78, 5) is 15.8. The van der Waals surface area contributed by atoms with Crippen molar-refractivity contribution >= 4 is 30.7 Å². The van der Waals surface area contributed by atoms with Crippen LogP contribution >= 0.6 is 24.8 Å². The van der Waals surface area contributed by atoms with Crippen molar-refractivity contribution in [3.63, 3.8) is 0 Å². The van der Waals surface area contributed by atoms with Gasteiger partial charge in [0.05, 0.1) is 5.56 Å². The summed E-state index contributed by atoms with van der Waals surface area (Å²) in [5, 5.41) is 6.27. The summed E-state index contributed by atoms with van der Waals surface area (Å²) in [7, 11) is 0. The second-order valence-electron chi connectivity index (χ2n) is 4.65. The first kappa shape index (κ1) is 18.2. The fourth-order valence-electron chi connectivity index (χ4n) is 2.13. The number of hydrogen-bond acceptors (Lipinski definition) is 3. The quantitative estimate of drug-likeness (QED) is 0.894. The van der Waals surface area contributed by atoms with Crippen LogP contribution in [0.3, 0.4) is 0 Å². The summed E-state index contributed by atoms with van der Waals surface area (Å²) in [6.45, 7) is 4.88. The van der Waals surface area contributed by atoms with Crippen molar-refractivity contribution < 1.29 is 4.79 Å². The number of carbonyl (C=O) groups is 1. The molecule has 108 valence electrons. The molecule has 1 amide bonds. The van der Waals surface area contributed by atoms with Crippen LogP contribution < -0.4 is 10.6 Å². The van der Waals surface area contributed by atoms with Crippen molar-refractivity contribution in [1.29, 1.82) is 0 Å². The fraction of sp³-hybridized carbons (Fsp3) is 0.538. The van der Waals surface area contributed by atoms with Crippen molar-refractivity contribution in [1.82, 2.24) is 15.6 Å². The highest BCUT2D eigenvalue weighted by Crippen LogP contribution is 2.11. The molecule has 2 rings (SSSR count). The van der Waals surface area contributed by atoms with E-state index in [4.69, 9.17) is 0 Å². The molecule has 2 heterocycles. The van der Waals surface area contributed by atoms with Crippen molar-refractivity contribution in [3.8, 4) is 0 Å². The van der Waals surface area contributed by atoms with Crippen LogP contribution in [-0.2, 0) is 0 Å². The maximum atomic E-state index is 11.8. The number of amides is 1. The third kappa shape index (κ3) is 5.76. The molecule has 1 unspecified atom stereocenters. The number of aromatic nitrogens is 1. The second kappa shape index (κ2) is 9.13. The number of nitrogens with zero attached hydrogens (tertiary/aromatic N) is 1. The van der Waals surface area contributed by atoms with Crippen LogP contribution in [0.5, 0.6) is 0 Å². The van der Waals surface area contributed by atoms with Gasteiger partial charge in [0.15, 0.2) is 0 Å². The summed E-state index contributed by atoms with van der Waals surface area (Å²) < 4.78 is 0. The Morgan fingerprint density at radius 3 is 2.89 bits per heavy atom. The number of aryl methyl sites for hydroxylation is 1. The first-order valence-electron chi connectivity index (χ1n) is 6.16. The van der Waals surface area contributed by atoms with Crippen LogP contribution in [0.25, 0.3) is 0 Å². The maximum absolute atomic E-state index is 11.8. The molecule has 1 aliphatic rings. The lowest BCUT2D eigenvalue weighted by molar-refractivity contribution is 0.0951. The van der Waals surface area contributed by atoms with Gasteiger partial charge in [-0.15, -0.1) is 24.8 Å². The SMILES string of the molecule is Cc1cncc(C(=O)NCCC2CCNC2)c1.Cl.Cl. The van der Waals surface area contributed by atoms with Gasteiger partial charge >= 0.3 is 0 Å². The largest absolute Gasteiger partial charge is 0.352 e. The van der Waals surface area contributed by atoms with E-state index in [1.54, 1.807) is 12.4 Å². The first-order valence-corrected chi connectivity index (χ1v) is 6.16. The molecule has 6 heteroatoms. The third-order valence-corrected chi connectivity index (χ3v) is 3.14. The van der Waals surface area contributed by atoms with E-state index in [1.165, 1.54) is 6.42 Å². The monoisotopic (exact) mass is 305 g/mol. The van der Waals surface area contributed by atoms with E-state index in [-0.39, 0.29) is 30.7 Å². The van der Waals surface area contributed by atoms with E-state index in [2.05, 4.69) is 15.6 Å². The van der Waals surface area contributed by atoms with E-state index in [1.807, 2.05) is 13.0 Å². The Morgan fingerprint density at radius 1 is 1.47 bits per heavy atom. The molecule has 0 spiro atoms. The molecule has 1 aliphatic heterocycles. The van der Waals surface area contributed by atoms with E-state index in [0.29, 0.717) is 11.5 Å². The van der Waals surface area contributed by atoms with Crippen LogP contribution in [0.2, 0.25) is 0 Å². The molecule has 0 aromatic carbocycles. The average Bonchev–Trinajstić information content (AvgIpc) is 2.82. The van der Waals surface area contributed by atoms with Gasteiger partial charge in [0, 0.05) is 18.9 Å². The van der Waals surface area contributed by atoms with Gasteiger partial charge in [-0.2, -0.15) is 0 Å². The van der Waals surface area contributed by atoms with Gasteiger partial charge < -0.3 is 10.6 Å². The zero-order valence-corrected chi connectivity index (χ0v) is 12.6. The minimum atomic E-state index is -0.0212. The molecule has 0 radical (unpaired) electrons. The first-order chi connectivity index (χ1) is 8.25. The highest BCUT2D eigenvalue weighted by molar-refractivity contribution is 5.93. The Hall–Kier alpha value is -0.840. The third-order valence-electron chi connectivity index (χ3n) is 3.14. The molecule has 1 saturated heterocycles. The average molecular weight is 306 g/mol. The molecule has 19 heavy (non-hydrogen) atoms. The number of hydrogen-bond donors (Lipinski definition) is 2. The topological polar surface area (TPSA) is 54.0 Å². The minimum absolute atomic E-state index is 0. The predicted molar refractivity (Wildman–Crippen MR) is 81.4 cm³/mol. The van der Waals surface area contributed by atoms with Crippen molar-refractivity contribution in [2.75, 3.05) is 19.6 Å². The molecule has 1 atom stereocenters. The fourth-order valence-corrected chi connectivity index (χ4v) is 2.13. The molecular weight excluding hydrogens is 285 g/mol. The highest BCUT2D eigenvalue weighted by Gasteiger charge is 2.14. The molecule has 0 aliphatic carbocycles. The maximum Gasteiger partial charge on any atom is 0.252 e. The van der Waals surface area contributed by atoms with Crippen LogP contribution in [0.4, 0.5) is 0 Å². The lowest BCUT2D eigenvalue weighted by Gasteiger charge is -2.09. The van der Waals surface area contributed by atoms with Crippen LogP contribution in [0, 0.1) is 12.8 Å². The van der Waals surface area contributed by atoms with Crippen molar-refractivity contribution in [2.45, 2.75) is 19.8 Å². The number of halogens is 2. The van der Waals surface area contributed by atoms with E-state index >= 15 is 0 Å². The van der Waals surface area contributed by atoms with Crippen LogP contribution in [0.1, 0.15) is 28.8 Å². The molecule has 0 saturated carbocycles. The van der Waals surface area contributed by atoms with E-state index in [9.17, 15) is 4.79 Å². The van der Waals surface area contributed by atoms with Gasteiger partial charge in [-0.1, -0.05) is 0 Å². The minimum Gasteiger partial charge on any atom is -0.352 e. The Morgan fingerprint density at radius 2 is 2.26 bits per heavy atom. The van der Waals surface area contributed by atoms with Crippen LogP contribution in [0.15, 0.2) is 18.5 Å². The summed E-state index contributed by atoms with van der Waals surface area (Å²) in [5.41, 5.74) is 1.66. The highest BCUT2D eigenvalue weighted by atomic mass is 35.5. The summed E-state index contributed by atoms with van der Waals surface area (Å²) in [6.07, 6.45) is 5.64.